The van der Waals surface area contributed by atoms with E-state index >= 15 is 0 Å². The van der Waals surface area contributed by atoms with Crippen LogP contribution in [0.5, 0.6) is 0 Å². The molecule has 4 aromatic rings. The molecule has 5 rings (SSSR count). The fourth-order valence-electron chi connectivity index (χ4n) is 3.60. The van der Waals surface area contributed by atoms with E-state index in [9.17, 15) is 9.59 Å². The maximum absolute atomic E-state index is 12.5. The second-order valence-electron chi connectivity index (χ2n) is 6.86. The fraction of sp³-hybridized carbons (Fsp3) is 0.0455. The van der Waals surface area contributed by atoms with Gasteiger partial charge in [-0.15, -0.1) is 0 Å². The molecule has 7 heteroatoms. The summed E-state index contributed by atoms with van der Waals surface area (Å²) in [6.07, 6.45) is 3.45. The summed E-state index contributed by atoms with van der Waals surface area (Å²) in [5, 5.41) is 9.79. The third kappa shape index (κ3) is 2.89. The summed E-state index contributed by atoms with van der Waals surface area (Å²) in [5.74, 6) is -0.152. The highest BCUT2D eigenvalue weighted by Gasteiger charge is 2.26. The largest absolute Gasteiger partial charge is 0.361 e. The molecule has 7 nitrogen and oxygen atoms in total. The standard InChI is InChI=1S/C22H17N5O2/c1-13-11-20(28)26-27(13)15-6-4-14(5-7-15)24-12-17-21-16-3-2-10-23-18(16)8-9-19(21)25-22(17)29/h2-12,24H,1H3,(H,25,29)(H,26,28). The van der Waals surface area contributed by atoms with Gasteiger partial charge in [0.2, 0.25) is 0 Å². The number of hydrogen-bond acceptors (Lipinski definition) is 4. The molecule has 0 radical (unpaired) electrons. The number of fused-ring (bicyclic) bond motifs is 3. The molecule has 0 fully saturated rings. The van der Waals surface area contributed by atoms with Gasteiger partial charge in [0.1, 0.15) is 0 Å². The van der Waals surface area contributed by atoms with E-state index in [1.54, 1.807) is 23.1 Å². The molecule has 0 aliphatic carbocycles. The molecule has 1 amide bonds. The van der Waals surface area contributed by atoms with Crippen molar-refractivity contribution < 1.29 is 4.79 Å². The molecule has 1 aliphatic heterocycles. The van der Waals surface area contributed by atoms with Gasteiger partial charge in [-0.25, -0.2) is 0 Å². The van der Waals surface area contributed by atoms with Gasteiger partial charge >= 0.3 is 0 Å². The summed E-state index contributed by atoms with van der Waals surface area (Å²) >= 11 is 0. The van der Waals surface area contributed by atoms with Gasteiger partial charge in [-0.1, -0.05) is 6.07 Å². The van der Waals surface area contributed by atoms with Gasteiger partial charge in [0.25, 0.3) is 11.5 Å². The van der Waals surface area contributed by atoms with Crippen LogP contribution in [0.3, 0.4) is 0 Å². The molecule has 29 heavy (non-hydrogen) atoms. The van der Waals surface area contributed by atoms with E-state index in [1.807, 2.05) is 55.5 Å². The number of nitrogens with zero attached hydrogens (tertiary/aromatic N) is 2. The Balaban J connectivity index is 1.47. The van der Waals surface area contributed by atoms with Crippen molar-refractivity contribution in [3.05, 3.63) is 88.6 Å². The van der Waals surface area contributed by atoms with E-state index in [2.05, 4.69) is 20.7 Å². The third-order valence-electron chi connectivity index (χ3n) is 4.97. The van der Waals surface area contributed by atoms with Crippen molar-refractivity contribution in [2.45, 2.75) is 6.92 Å². The average Bonchev–Trinajstić information content (AvgIpc) is 3.24. The molecule has 0 unspecified atom stereocenters. The predicted molar refractivity (Wildman–Crippen MR) is 113 cm³/mol. The summed E-state index contributed by atoms with van der Waals surface area (Å²) in [7, 11) is 0. The van der Waals surface area contributed by atoms with Gasteiger partial charge in [0, 0.05) is 46.5 Å². The molecule has 0 spiro atoms. The zero-order valence-corrected chi connectivity index (χ0v) is 15.6. The number of aromatic amines is 1. The number of pyridine rings is 1. The summed E-state index contributed by atoms with van der Waals surface area (Å²) in [6, 6.07) is 16.7. The first-order valence-electron chi connectivity index (χ1n) is 9.15. The fourth-order valence-corrected chi connectivity index (χ4v) is 3.60. The number of carbonyl (C=O) groups excluding carboxylic acids is 1. The van der Waals surface area contributed by atoms with Gasteiger partial charge in [-0.3, -0.25) is 24.4 Å². The second-order valence-corrected chi connectivity index (χ2v) is 6.86. The van der Waals surface area contributed by atoms with Crippen molar-refractivity contribution in [2.24, 2.45) is 0 Å². The van der Waals surface area contributed by atoms with Gasteiger partial charge < -0.3 is 10.6 Å². The monoisotopic (exact) mass is 383 g/mol. The average molecular weight is 383 g/mol. The lowest BCUT2D eigenvalue weighted by atomic mass is 10.0. The van der Waals surface area contributed by atoms with Crippen LogP contribution in [0.15, 0.2) is 71.8 Å². The molecular weight excluding hydrogens is 366 g/mol. The molecule has 0 atom stereocenters. The van der Waals surface area contributed by atoms with Gasteiger partial charge in [0.05, 0.1) is 16.8 Å². The quantitative estimate of drug-likeness (QED) is 0.473. The molecule has 0 saturated heterocycles. The number of carbonyl (C=O) groups is 1. The Morgan fingerprint density at radius 3 is 2.66 bits per heavy atom. The van der Waals surface area contributed by atoms with Crippen molar-refractivity contribution in [3.63, 3.8) is 0 Å². The zero-order chi connectivity index (χ0) is 20.0. The van der Waals surface area contributed by atoms with Crippen LogP contribution in [0.1, 0.15) is 11.3 Å². The Labute approximate surface area is 165 Å². The number of rotatable bonds is 3. The van der Waals surface area contributed by atoms with Crippen LogP contribution in [0.4, 0.5) is 11.4 Å². The van der Waals surface area contributed by atoms with Crippen molar-refractivity contribution >= 4 is 33.8 Å². The van der Waals surface area contributed by atoms with Crippen molar-refractivity contribution in [1.29, 1.82) is 0 Å². The molecule has 0 bridgehead atoms. The van der Waals surface area contributed by atoms with Crippen LogP contribution in [0.2, 0.25) is 0 Å². The third-order valence-corrected chi connectivity index (χ3v) is 4.97. The van der Waals surface area contributed by atoms with Crippen molar-refractivity contribution in [3.8, 4) is 5.69 Å². The number of benzene rings is 2. The van der Waals surface area contributed by atoms with E-state index in [1.165, 1.54) is 0 Å². The van der Waals surface area contributed by atoms with E-state index in [-0.39, 0.29) is 11.5 Å². The predicted octanol–water partition coefficient (Wildman–Crippen LogP) is 3.43. The number of amides is 1. The van der Waals surface area contributed by atoms with Crippen LogP contribution in [-0.4, -0.2) is 20.7 Å². The number of hydrogen-bond donors (Lipinski definition) is 3. The number of H-pyrrole nitrogens is 1. The highest BCUT2D eigenvalue weighted by atomic mass is 16.2. The number of aryl methyl sites for hydroxylation is 1. The molecule has 3 heterocycles. The number of aromatic nitrogens is 3. The summed E-state index contributed by atoms with van der Waals surface area (Å²) in [5.41, 5.74) is 5.41. The molecular formula is C22H17N5O2. The summed E-state index contributed by atoms with van der Waals surface area (Å²) < 4.78 is 1.73. The van der Waals surface area contributed by atoms with E-state index in [4.69, 9.17) is 0 Å². The van der Waals surface area contributed by atoms with Crippen LogP contribution in [0.25, 0.3) is 22.2 Å². The topological polar surface area (TPSA) is 91.8 Å². The Hall–Kier alpha value is -4.13. The molecule has 1 aliphatic rings. The van der Waals surface area contributed by atoms with Gasteiger partial charge in [-0.2, -0.15) is 0 Å². The van der Waals surface area contributed by atoms with E-state index in [0.717, 1.165) is 39.2 Å². The highest BCUT2D eigenvalue weighted by Crippen LogP contribution is 2.37. The Kier molecular flexibility index (Phi) is 3.80. The second kappa shape index (κ2) is 6.49. The van der Waals surface area contributed by atoms with Crippen LogP contribution < -0.4 is 16.2 Å². The number of nitrogens with one attached hydrogen (secondary N) is 3. The highest BCUT2D eigenvalue weighted by molar-refractivity contribution is 6.34. The molecule has 2 aromatic heterocycles. The van der Waals surface area contributed by atoms with Crippen LogP contribution in [0, 0.1) is 6.92 Å². The van der Waals surface area contributed by atoms with E-state index in [0.29, 0.717) is 5.57 Å². The Morgan fingerprint density at radius 1 is 1.07 bits per heavy atom. The van der Waals surface area contributed by atoms with Crippen molar-refractivity contribution in [2.75, 3.05) is 10.6 Å². The van der Waals surface area contributed by atoms with Crippen LogP contribution >= 0.6 is 0 Å². The van der Waals surface area contributed by atoms with Crippen molar-refractivity contribution in [1.82, 2.24) is 14.8 Å². The first-order valence-corrected chi connectivity index (χ1v) is 9.15. The Morgan fingerprint density at radius 2 is 1.90 bits per heavy atom. The smallest absolute Gasteiger partial charge is 0.264 e. The maximum atomic E-state index is 12.5. The van der Waals surface area contributed by atoms with Gasteiger partial charge in [0.15, 0.2) is 0 Å². The van der Waals surface area contributed by atoms with Crippen LogP contribution in [-0.2, 0) is 4.79 Å². The molecule has 2 aromatic carbocycles. The maximum Gasteiger partial charge on any atom is 0.264 e. The van der Waals surface area contributed by atoms with Gasteiger partial charge in [-0.05, 0) is 49.4 Å². The minimum atomic E-state index is -0.152. The van der Waals surface area contributed by atoms with E-state index < -0.39 is 0 Å². The SMILES string of the molecule is Cc1cc(=O)[nH]n1-c1ccc(NC=C2C(=O)Nc3ccc4ncccc4c32)cc1. The lowest BCUT2D eigenvalue weighted by Crippen LogP contribution is -2.05. The molecule has 3 N–H and O–H groups in total. The lowest BCUT2D eigenvalue weighted by molar-refractivity contribution is -0.110. The summed E-state index contributed by atoms with van der Waals surface area (Å²) in [6.45, 7) is 1.86. The molecule has 142 valence electrons. The minimum Gasteiger partial charge on any atom is -0.361 e. The first-order chi connectivity index (χ1) is 14.1. The first kappa shape index (κ1) is 17.0. The normalized spacial score (nSPS) is 14.2. The Bertz CT molecular complexity index is 1350. The zero-order valence-electron chi connectivity index (χ0n) is 15.6. The lowest BCUT2D eigenvalue weighted by Gasteiger charge is -2.08. The molecule has 0 saturated carbocycles. The minimum absolute atomic E-state index is 0.137. The number of anilines is 2. The summed E-state index contributed by atoms with van der Waals surface area (Å²) in [4.78, 5) is 28.4.